The highest BCUT2D eigenvalue weighted by Crippen LogP contribution is 2.18. The summed E-state index contributed by atoms with van der Waals surface area (Å²) in [7, 11) is 0. The fourth-order valence-electron chi connectivity index (χ4n) is 5.33. The smallest absolute Gasteiger partial charge is 0.326 e. The molecule has 0 aromatic carbocycles. The van der Waals surface area contributed by atoms with Crippen LogP contribution in [0.15, 0.2) is 12.2 Å². The molecule has 0 aliphatic heterocycles. The predicted octanol–water partition coefficient (Wildman–Crippen LogP) is 9.16. The molecule has 2 unspecified atom stereocenters. The Morgan fingerprint density at radius 1 is 0.651 bits per heavy atom. The number of esters is 1. The number of rotatable bonds is 32. The van der Waals surface area contributed by atoms with Gasteiger partial charge < -0.3 is 20.9 Å². The third-order valence-corrected chi connectivity index (χ3v) is 8.08. The van der Waals surface area contributed by atoms with Gasteiger partial charge in [0, 0.05) is 12.8 Å². The van der Waals surface area contributed by atoms with Gasteiger partial charge in [0.25, 0.3) is 0 Å². The van der Waals surface area contributed by atoms with Gasteiger partial charge >= 0.3 is 11.9 Å². The lowest BCUT2D eigenvalue weighted by Crippen LogP contribution is -2.40. The van der Waals surface area contributed by atoms with E-state index in [9.17, 15) is 19.5 Å². The molecule has 0 aromatic heterocycles. The lowest BCUT2D eigenvalue weighted by atomic mass is 10.0. The van der Waals surface area contributed by atoms with Crippen LogP contribution in [0.25, 0.3) is 0 Å². The Morgan fingerprint density at radius 2 is 1.14 bits per heavy atom. The largest absolute Gasteiger partial charge is 0.480 e. The zero-order valence-electron chi connectivity index (χ0n) is 28.1. The van der Waals surface area contributed by atoms with E-state index >= 15 is 0 Å². The van der Waals surface area contributed by atoms with E-state index in [2.05, 4.69) is 31.3 Å². The number of hydrogen-bond acceptors (Lipinski definition) is 5. The number of hydrogen-bond donors (Lipinski definition) is 3. The molecule has 7 nitrogen and oxygen atoms in total. The van der Waals surface area contributed by atoms with Crippen LogP contribution >= 0.6 is 0 Å². The number of aliphatic carboxylic acids is 1. The number of carbonyl (C=O) groups is 3. The van der Waals surface area contributed by atoms with Crippen LogP contribution in [0, 0.1) is 0 Å². The van der Waals surface area contributed by atoms with E-state index in [1.54, 1.807) is 0 Å². The van der Waals surface area contributed by atoms with Gasteiger partial charge in [0.15, 0.2) is 0 Å². The highest BCUT2D eigenvalue weighted by atomic mass is 16.5. The predicted molar refractivity (Wildman–Crippen MR) is 179 cm³/mol. The Balaban J connectivity index is 4.16. The van der Waals surface area contributed by atoms with Crippen molar-refractivity contribution in [2.75, 3.05) is 6.54 Å². The Kier molecular flexibility index (Phi) is 30.1. The van der Waals surface area contributed by atoms with Crippen molar-refractivity contribution >= 4 is 17.8 Å². The minimum atomic E-state index is -1.01. The molecule has 0 fully saturated rings. The zero-order valence-corrected chi connectivity index (χ0v) is 28.1. The van der Waals surface area contributed by atoms with Gasteiger partial charge in [-0.25, -0.2) is 4.79 Å². The summed E-state index contributed by atoms with van der Waals surface area (Å²) in [5.74, 6) is -1.28. The van der Waals surface area contributed by atoms with E-state index in [1.165, 1.54) is 83.5 Å². The summed E-state index contributed by atoms with van der Waals surface area (Å²) in [6, 6.07) is -0.860. The molecule has 0 radical (unpaired) electrons. The summed E-state index contributed by atoms with van der Waals surface area (Å²) in [5, 5.41) is 11.9. The topological polar surface area (TPSA) is 119 Å². The fourth-order valence-corrected chi connectivity index (χ4v) is 5.33. The van der Waals surface area contributed by atoms with Crippen molar-refractivity contribution in [2.45, 2.75) is 193 Å². The monoisotopic (exact) mass is 609 g/mol. The van der Waals surface area contributed by atoms with E-state index in [0.717, 1.165) is 57.8 Å². The van der Waals surface area contributed by atoms with Crippen molar-refractivity contribution < 1.29 is 24.2 Å². The summed E-state index contributed by atoms with van der Waals surface area (Å²) < 4.78 is 5.93. The van der Waals surface area contributed by atoms with E-state index in [1.807, 2.05) is 0 Å². The van der Waals surface area contributed by atoms with E-state index in [0.29, 0.717) is 32.2 Å². The number of amides is 1. The molecular formula is C36H68N2O5. The van der Waals surface area contributed by atoms with Gasteiger partial charge in [-0.15, -0.1) is 0 Å². The molecule has 2 atom stereocenters. The first kappa shape index (κ1) is 41.1. The maximum Gasteiger partial charge on any atom is 0.326 e. The van der Waals surface area contributed by atoms with Crippen LogP contribution in [0.1, 0.15) is 181 Å². The minimum Gasteiger partial charge on any atom is -0.480 e. The number of carboxylic acid groups (broad SMARTS) is 1. The number of unbranched alkanes of at least 4 members (excludes halogenated alkanes) is 16. The molecule has 43 heavy (non-hydrogen) atoms. The molecule has 1 amide bonds. The van der Waals surface area contributed by atoms with Crippen LogP contribution < -0.4 is 11.1 Å². The molecule has 0 bridgehead atoms. The molecule has 0 aliphatic carbocycles. The number of allylic oxidation sites excluding steroid dienone is 2. The second kappa shape index (κ2) is 31.5. The first-order valence-corrected chi connectivity index (χ1v) is 18.0. The normalized spacial score (nSPS) is 12.8. The Bertz CT molecular complexity index is 697. The molecule has 0 saturated carbocycles. The average Bonchev–Trinajstić information content (AvgIpc) is 2.98. The lowest BCUT2D eigenvalue weighted by molar-refractivity contribution is -0.150. The van der Waals surface area contributed by atoms with Gasteiger partial charge in [0.1, 0.15) is 12.1 Å². The van der Waals surface area contributed by atoms with Crippen molar-refractivity contribution in [1.29, 1.82) is 0 Å². The van der Waals surface area contributed by atoms with E-state index < -0.39 is 12.0 Å². The third kappa shape index (κ3) is 28.6. The summed E-state index contributed by atoms with van der Waals surface area (Å²) in [6.45, 7) is 4.87. The van der Waals surface area contributed by atoms with Crippen LogP contribution in [-0.2, 0) is 19.1 Å². The Labute approximate surface area is 264 Å². The van der Waals surface area contributed by atoms with Gasteiger partial charge in [0.05, 0.1) is 0 Å². The summed E-state index contributed by atoms with van der Waals surface area (Å²) in [4.78, 5) is 36.0. The summed E-state index contributed by atoms with van der Waals surface area (Å²) >= 11 is 0. The van der Waals surface area contributed by atoms with Crippen LogP contribution in [-0.4, -0.2) is 41.6 Å². The van der Waals surface area contributed by atoms with E-state index in [-0.39, 0.29) is 18.0 Å². The van der Waals surface area contributed by atoms with Crippen molar-refractivity contribution in [3.05, 3.63) is 12.2 Å². The molecule has 0 saturated heterocycles. The van der Waals surface area contributed by atoms with Crippen molar-refractivity contribution in [1.82, 2.24) is 5.32 Å². The van der Waals surface area contributed by atoms with Crippen molar-refractivity contribution in [3.8, 4) is 0 Å². The maximum atomic E-state index is 12.6. The second-order valence-corrected chi connectivity index (χ2v) is 12.3. The van der Waals surface area contributed by atoms with Crippen molar-refractivity contribution in [2.24, 2.45) is 5.73 Å². The zero-order chi connectivity index (χ0) is 31.8. The van der Waals surface area contributed by atoms with Crippen LogP contribution in [0.5, 0.6) is 0 Å². The second-order valence-electron chi connectivity index (χ2n) is 12.3. The van der Waals surface area contributed by atoms with Gasteiger partial charge in [0.2, 0.25) is 5.91 Å². The SMILES string of the molecule is CCCCCC/C=C\CCCCCCCC(=O)OC(CCCCCCC)CCCCCCC(=O)NC(CCCN)C(=O)O. The third-order valence-electron chi connectivity index (χ3n) is 8.08. The lowest BCUT2D eigenvalue weighted by Gasteiger charge is -2.18. The molecule has 0 spiro atoms. The average molecular weight is 609 g/mol. The van der Waals surface area contributed by atoms with Crippen LogP contribution in [0.4, 0.5) is 0 Å². The van der Waals surface area contributed by atoms with Gasteiger partial charge in [-0.1, -0.05) is 103 Å². The van der Waals surface area contributed by atoms with E-state index in [4.69, 9.17) is 10.5 Å². The number of carbonyl (C=O) groups excluding carboxylic acids is 2. The molecular weight excluding hydrogens is 540 g/mol. The first-order chi connectivity index (χ1) is 20.9. The minimum absolute atomic E-state index is 0.00921. The molecule has 0 heterocycles. The van der Waals surface area contributed by atoms with Crippen LogP contribution in [0.3, 0.4) is 0 Å². The highest BCUT2D eigenvalue weighted by Gasteiger charge is 2.19. The molecule has 0 aliphatic rings. The maximum absolute atomic E-state index is 12.6. The molecule has 4 N–H and O–H groups in total. The van der Waals surface area contributed by atoms with Gasteiger partial charge in [-0.05, 0) is 83.6 Å². The van der Waals surface area contributed by atoms with Gasteiger partial charge in [-0.3, -0.25) is 9.59 Å². The number of carboxylic acids is 1. The molecule has 7 heteroatoms. The summed E-state index contributed by atoms with van der Waals surface area (Å²) in [5.41, 5.74) is 5.46. The summed E-state index contributed by atoms with van der Waals surface area (Å²) in [6.07, 6.45) is 31.2. The van der Waals surface area contributed by atoms with Crippen molar-refractivity contribution in [3.63, 3.8) is 0 Å². The first-order valence-electron chi connectivity index (χ1n) is 18.0. The molecule has 0 aromatic rings. The number of nitrogens with one attached hydrogen (secondary N) is 1. The van der Waals surface area contributed by atoms with Gasteiger partial charge in [-0.2, -0.15) is 0 Å². The number of nitrogens with two attached hydrogens (primary N) is 1. The van der Waals surface area contributed by atoms with Crippen LogP contribution in [0.2, 0.25) is 0 Å². The Morgan fingerprint density at radius 3 is 1.70 bits per heavy atom. The molecule has 0 rings (SSSR count). The fraction of sp³-hybridized carbons (Fsp3) is 0.861. The number of ether oxygens (including phenoxy) is 1. The standard InChI is InChI=1S/C36H68N2O5/c1-3-5-7-9-10-11-12-13-14-15-16-18-24-30-35(40)43-32(26-21-17-8-6-4-2)27-22-19-20-23-29-34(39)38-33(36(41)42)28-25-31-37/h11-12,32-33H,3-10,13-31,37H2,1-2H3,(H,38,39)(H,41,42)/b12-11-. The molecule has 252 valence electrons. The Hall–Kier alpha value is -1.89. The quantitative estimate of drug-likeness (QED) is 0.0398. The highest BCUT2D eigenvalue weighted by molar-refractivity contribution is 5.83.